The van der Waals surface area contributed by atoms with Crippen LogP contribution in [0.15, 0.2) is 24.3 Å². The number of aliphatic carboxylic acids is 1. The molecule has 0 aliphatic heterocycles. The van der Waals surface area contributed by atoms with Crippen molar-refractivity contribution in [3.63, 3.8) is 0 Å². The fourth-order valence-electron chi connectivity index (χ4n) is 1.40. The zero-order chi connectivity index (χ0) is 15.8. The summed E-state index contributed by atoms with van der Waals surface area (Å²) >= 11 is 0. The normalized spacial score (nSPS) is 9.71. The van der Waals surface area contributed by atoms with Crippen LogP contribution < -0.4 is 10.9 Å². The number of carboxylic acid groups (broad SMARTS) is 1. The van der Waals surface area contributed by atoms with E-state index in [1.54, 1.807) is 0 Å². The molecule has 0 heterocycles. The molecule has 0 unspecified atom stereocenters. The summed E-state index contributed by atoms with van der Waals surface area (Å²) in [6.07, 6.45) is -0.00880. The van der Waals surface area contributed by atoms with Crippen LogP contribution >= 0.6 is 0 Å². The maximum Gasteiger partial charge on any atom is 0.303 e. The Hall–Kier alpha value is -2.97. The van der Waals surface area contributed by atoms with Crippen LogP contribution in [0.5, 0.6) is 0 Å². The van der Waals surface area contributed by atoms with Gasteiger partial charge in [-0.15, -0.1) is 0 Å². The third-order valence-electron chi connectivity index (χ3n) is 2.45. The molecule has 0 saturated carbocycles. The fraction of sp³-hybridized carbons (Fsp3) is 0.250. The number of nitrogens with zero attached hydrogens (tertiary/aromatic N) is 1. The van der Waals surface area contributed by atoms with Gasteiger partial charge in [-0.25, -0.2) is 0 Å². The minimum absolute atomic E-state index is 0.0349. The zero-order valence-corrected chi connectivity index (χ0v) is 10.9. The minimum atomic E-state index is -1.00. The van der Waals surface area contributed by atoms with Crippen LogP contribution in [0.1, 0.15) is 29.6 Å². The second-order valence-electron chi connectivity index (χ2n) is 4.05. The molecule has 0 saturated heterocycles. The van der Waals surface area contributed by atoms with Crippen molar-refractivity contribution >= 4 is 23.5 Å². The van der Waals surface area contributed by atoms with Crippen LogP contribution in [-0.2, 0) is 9.59 Å². The number of rotatable bonds is 6. The third-order valence-corrected chi connectivity index (χ3v) is 2.45. The molecule has 0 atom stereocenters. The van der Waals surface area contributed by atoms with Gasteiger partial charge >= 0.3 is 5.97 Å². The van der Waals surface area contributed by atoms with Crippen molar-refractivity contribution in [2.75, 3.05) is 0 Å². The Morgan fingerprint density at radius 3 is 2.24 bits per heavy atom. The summed E-state index contributed by atoms with van der Waals surface area (Å²) in [5.74, 6) is -2.15. The van der Waals surface area contributed by atoms with E-state index in [0.29, 0.717) is 0 Å². The van der Waals surface area contributed by atoms with Gasteiger partial charge < -0.3 is 5.11 Å². The molecule has 0 spiro atoms. The van der Waals surface area contributed by atoms with Crippen LogP contribution in [0.2, 0.25) is 0 Å². The van der Waals surface area contributed by atoms with E-state index in [-0.39, 0.29) is 30.5 Å². The summed E-state index contributed by atoms with van der Waals surface area (Å²) < 4.78 is 0. The number of nitro benzene ring substituents is 1. The van der Waals surface area contributed by atoms with Crippen LogP contribution in [0, 0.1) is 10.1 Å². The highest BCUT2D eigenvalue weighted by Gasteiger charge is 2.10. The van der Waals surface area contributed by atoms with Crippen LogP contribution in [-0.4, -0.2) is 27.8 Å². The molecule has 1 aromatic rings. The molecule has 112 valence electrons. The van der Waals surface area contributed by atoms with Gasteiger partial charge in [0.05, 0.1) is 4.92 Å². The first-order valence-electron chi connectivity index (χ1n) is 5.95. The number of nitrogens with one attached hydrogen (secondary N) is 2. The first kappa shape index (κ1) is 16.1. The Bertz CT molecular complexity index is 555. The molecule has 0 aliphatic carbocycles. The molecule has 9 nitrogen and oxygen atoms in total. The second-order valence-corrected chi connectivity index (χ2v) is 4.05. The average Bonchev–Trinajstić information content (AvgIpc) is 2.44. The summed E-state index contributed by atoms with van der Waals surface area (Å²) in [6.45, 7) is 0. The lowest BCUT2D eigenvalue weighted by atomic mass is 10.2. The lowest BCUT2D eigenvalue weighted by Gasteiger charge is -2.06. The van der Waals surface area contributed by atoms with Crippen molar-refractivity contribution in [1.82, 2.24) is 10.9 Å². The van der Waals surface area contributed by atoms with E-state index >= 15 is 0 Å². The maximum absolute atomic E-state index is 11.6. The number of hydrogen-bond donors (Lipinski definition) is 3. The van der Waals surface area contributed by atoms with E-state index in [0.717, 1.165) is 0 Å². The van der Waals surface area contributed by atoms with Gasteiger partial charge in [-0.05, 0) is 18.6 Å². The van der Waals surface area contributed by atoms with Crippen molar-refractivity contribution in [3.8, 4) is 0 Å². The van der Waals surface area contributed by atoms with Gasteiger partial charge in [0.2, 0.25) is 5.91 Å². The number of carbonyl (C=O) groups excluding carboxylic acids is 2. The molecule has 0 radical (unpaired) electrons. The SMILES string of the molecule is O=C(O)CCCC(=O)NNC(=O)c1ccc([N+](=O)[O-])cc1. The number of carboxylic acids is 1. The highest BCUT2D eigenvalue weighted by molar-refractivity contribution is 5.95. The maximum atomic E-state index is 11.6. The number of amides is 2. The lowest BCUT2D eigenvalue weighted by Crippen LogP contribution is -2.41. The fourth-order valence-corrected chi connectivity index (χ4v) is 1.40. The molecule has 2 amide bonds. The van der Waals surface area contributed by atoms with E-state index < -0.39 is 22.7 Å². The third kappa shape index (κ3) is 5.68. The first-order chi connectivity index (χ1) is 9.90. The molecule has 21 heavy (non-hydrogen) atoms. The van der Waals surface area contributed by atoms with E-state index in [9.17, 15) is 24.5 Å². The Kier molecular flexibility index (Phi) is 5.80. The Balaban J connectivity index is 2.41. The Labute approximate surface area is 119 Å². The molecular formula is C12H13N3O6. The van der Waals surface area contributed by atoms with E-state index in [1.807, 2.05) is 0 Å². The number of hydrazine groups is 1. The summed E-state index contributed by atoms with van der Waals surface area (Å²) in [7, 11) is 0. The van der Waals surface area contributed by atoms with Gasteiger partial charge in [-0.2, -0.15) is 0 Å². The topological polar surface area (TPSA) is 139 Å². The van der Waals surface area contributed by atoms with Crippen molar-refractivity contribution in [2.24, 2.45) is 0 Å². The predicted octanol–water partition coefficient (Wildman–Crippen LogP) is 0.611. The molecular weight excluding hydrogens is 282 g/mol. The van der Waals surface area contributed by atoms with E-state index in [1.165, 1.54) is 24.3 Å². The highest BCUT2D eigenvalue weighted by atomic mass is 16.6. The lowest BCUT2D eigenvalue weighted by molar-refractivity contribution is -0.384. The van der Waals surface area contributed by atoms with Crippen LogP contribution in [0.3, 0.4) is 0 Å². The smallest absolute Gasteiger partial charge is 0.303 e. The molecule has 0 aromatic heterocycles. The monoisotopic (exact) mass is 295 g/mol. The summed E-state index contributed by atoms with van der Waals surface area (Å²) in [6, 6.07) is 4.85. The highest BCUT2D eigenvalue weighted by Crippen LogP contribution is 2.11. The zero-order valence-electron chi connectivity index (χ0n) is 10.9. The average molecular weight is 295 g/mol. The van der Waals surface area contributed by atoms with Gasteiger partial charge in [0.1, 0.15) is 0 Å². The first-order valence-corrected chi connectivity index (χ1v) is 5.95. The van der Waals surface area contributed by atoms with E-state index in [2.05, 4.69) is 10.9 Å². The molecule has 3 N–H and O–H groups in total. The molecule has 1 rings (SSSR count). The molecule has 0 bridgehead atoms. The largest absolute Gasteiger partial charge is 0.481 e. The summed E-state index contributed by atoms with van der Waals surface area (Å²) in [5.41, 5.74) is 4.25. The van der Waals surface area contributed by atoms with Crippen molar-refractivity contribution in [2.45, 2.75) is 19.3 Å². The van der Waals surface area contributed by atoms with Gasteiger partial charge in [0, 0.05) is 30.5 Å². The quantitative estimate of drug-likeness (QED) is 0.519. The van der Waals surface area contributed by atoms with Gasteiger partial charge in [-0.1, -0.05) is 0 Å². The van der Waals surface area contributed by atoms with Crippen molar-refractivity contribution in [3.05, 3.63) is 39.9 Å². The summed E-state index contributed by atoms with van der Waals surface area (Å²) in [5, 5.41) is 18.9. The Morgan fingerprint density at radius 1 is 1.10 bits per heavy atom. The van der Waals surface area contributed by atoms with Gasteiger partial charge in [0.15, 0.2) is 0 Å². The molecule has 9 heteroatoms. The Morgan fingerprint density at radius 2 is 1.71 bits per heavy atom. The van der Waals surface area contributed by atoms with Crippen molar-refractivity contribution in [1.29, 1.82) is 0 Å². The number of carbonyl (C=O) groups is 3. The molecule has 0 aliphatic rings. The standard InChI is InChI=1S/C12H13N3O6/c16-10(2-1-3-11(17)18)13-14-12(19)8-4-6-9(7-5-8)15(20)21/h4-7H,1-3H2,(H,13,16)(H,14,19)(H,17,18). The number of non-ortho nitro benzene ring substituents is 1. The minimum Gasteiger partial charge on any atom is -0.481 e. The number of nitro groups is 1. The molecule has 1 aromatic carbocycles. The predicted molar refractivity (Wildman–Crippen MR) is 70.2 cm³/mol. The van der Waals surface area contributed by atoms with Gasteiger partial charge in [-0.3, -0.25) is 35.3 Å². The number of hydrogen-bond acceptors (Lipinski definition) is 5. The van der Waals surface area contributed by atoms with E-state index in [4.69, 9.17) is 5.11 Å². The van der Waals surface area contributed by atoms with Crippen LogP contribution in [0.4, 0.5) is 5.69 Å². The number of benzene rings is 1. The van der Waals surface area contributed by atoms with Gasteiger partial charge in [0.25, 0.3) is 11.6 Å². The molecule has 0 fully saturated rings. The summed E-state index contributed by atoms with van der Waals surface area (Å²) in [4.78, 5) is 43.0. The second kappa shape index (κ2) is 7.58. The van der Waals surface area contributed by atoms with Crippen LogP contribution in [0.25, 0.3) is 0 Å². The van der Waals surface area contributed by atoms with Crippen molar-refractivity contribution < 1.29 is 24.4 Å².